The third kappa shape index (κ3) is 5.12. The number of aliphatic hydroxyl groups is 1. The van der Waals surface area contributed by atoms with Gasteiger partial charge in [-0.3, -0.25) is 14.2 Å². The molecule has 1 aromatic heterocycles. The number of primary amides is 1. The number of piperidine rings is 1. The molecule has 2 aliphatic carbocycles. The van der Waals surface area contributed by atoms with Crippen molar-refractivity contribution < 1.29 is 31.5 Å². The number of amides is 1. The number of alkyl halides is 3. The molecule has 2 aromatic rings. The highest BCUT2D eigenvalue weighted by Crippen LogP contribution is 2.55. The van der Waals surface area contributed by atoms with Crippen molar-refractivity contribution in [3.05, 3.63) is 29.5 Å². The lowest BCUT2D eigenvalue weighted by Crippen LogP contribution is -2.37. The van der Waals surface area contributed by atoms with Crippen LogP contribution in [0.5, 0.6) is 0 Å². The van der Waals surface area contributed by atoms with Crippen molar-refractivity contribution in [1.82, 2.24) is 9.78 Å². The van der Waals surface area contributed by atoms with Crippen LogP contribution in [0.1, 0.15) is 67.5 Å². The van der Waals surface area contributed by atoms with Crippen LogP contribution in [-0.2, 0) is 10.0 Å². The number of aliphatic hydroxyl groups excluding tert-OH is 1. The van der Waals surface area contributed by atoms with E-state index in [4.69, 9.17) is 5.73 Å². The first kappa shape index (κ1) is 28.2. The molecular weight excluding hydrogens is 549 g/mol. The summed E-state index contributed by atoms with van der Waals surface area (Å²) in [5, 5.41) is 22.6. The smallest absolute Gasteiger partial charge is 0.391 e. The van der Waals surface area contributed by atoms with Gasteiger partial charge in [0, 0.05) is 19.2 Å². The van der Waals surface area contributed by atoms with E-state index in [2.05, 4.69) is 9.82 Å². The van der Waals surface area contributed by atoms with Gasteiger partial charge in [0.2, 0.25) is 10.0 Å². The Balaban J connectivity index is 1.64. The van der Waals surface area contributed by atoms with Crippen LogP contribution in [0.15, 0.2) is 18.2 Å². The summed E-state index contributed by atoms with van der Waals surface area (Å²) in [6.07, 6.45) is -0.784. The van der Waals surface area contributed by atoms with Crippen molar-refractivity contribution in [3.63, 3.8) is 0 Å². The lowest BCUT2D eigenvalue weighted by molar-refractivity contribution is -0.203. The van der Waals surface area contributed by atoms with Gasteiger partial charge in [-0.25, -0.2) is 8.42 Å². The van der Waals surface area contributed by atoms with Gasteiger partial charge in [-0.05, 0) is 63.0 Å². The molecule has 0 radical (unpaired) electrons. The fourth-order valence-corrected chi connectivity index (χ4v) is 6.50. The molecule has 1 saturated heterocycles. The van der Waals surface area contributed by atoms with Crippen molar-refractivity contribution >= 4 is 27.3 Å². The monoisotopic (exact) mass is 580 g/mol. The number of carbonyl (C=O) groups excluding carboxylic acids is 1. The molecule has 1 aliphatic heterocycles. The van der Waals surface area contributed by atoms with Gasteiger partial charge in [-0.1, -0.05) is 0 Å². The summed E-state index contributed by atoms with van der Waals surface area (Å²) in [4.78, 5) is 14.6. The topological polar surface area (TPSA) is 154 Å². The molecule has 1 unspecified atom stereocenters. The molecule has 1 spiro atoms. The number of benzene rings is 1. The Morgan fingerprint density at radius 1 is 1.27 bits per heavy atom. The van der Waals surface area contributed by atoms with Crippen LogP contribution in [0.4, 0.5) is 24.5 Å². The number of anilines is 2. The third-order valence-corrected chi connectivity index (χ3v) is 10.3. The van der Waals surface area contributed by atoms with Gasteiger partial charge in [-0.2, -0.15) is 23.5 Å². The van der Waals surface area contributed by atoms with E-state index in [1.807, 2.05) is 11.0 Å². The number of halogens is 3. The van der Waals surface area contributed by atoms with E-state index >= 15 is 0 Å². The van der Waals surface area contributed by atoms with E-state index in [1.165, 1.54) is 29.8 Å². The Kier molecular flexibility index (Phi) is 7.02. The number of nitrogens with two attached hydrogens (primary N) is 1. The molecular formula is C26H31F3N6O4S. The van der Waals surface area contributed by atoms with Crippen LogP contribution in [0.3, 0.4) is 0 Å². The Morgan fingerprint density at radius 3 is 2.45 bits per heavy atom. The van der Waals surface area contributed by atoms with E-state index in [-0.39, 0.29) is 46.5 Å². The number of nitriles is 1. The largest absolute Gasteiger partial charge is 0.395 e. The maximum absolute atomic E-state index is 13.2. The quantitative estimate of drug-likeness (QED) is 0.432. The normalized spacial score (nSPS) is 22.9. The maximum atomic E-state index is 13.2. The minimum Gasteiger partial charge on any atom is -0.395 e. The highest BCUT2D eigenvalue weighted by molar-refractivity contribution is 7.93. The number of nitrogens with zero attached hydrogens (tertiary/aromatic N) is 4. The highest BCUT2D eigenvalue weighted by atomic mass is 32.2. The summed E-state index contributed by atoms with van der Waals surface area (Å²) in [5.74, 6) is -2.23. The van der Waals surface area contributed by atoms with Crippen LogP contribution in [0.2, 0.25) is 0 Å². The molecule has 40 heavy (non-hydrogen) atoms. The molecule has 0 bridgehead atoms. The predicted octanol–water partition coefficient (Wildman–Crippen LogP) is 3.54. The number of nitrogens with one attached hydrogen (secondary N) is 1. The van der Waals surface area contributed by atoms with Gasteiger partial charge in [0.15, 0.2) is 0 Å². The first-order chi connectivity index (χ1) is 18.8. The summed E-state index contributed by atoms with van der Waals surface area (Å²) in [6, 6.07) is 5.52. The molecule has 3 fully saturated rings. The van der Waals surface area contributed by atoms with Crippen molar-refractivity contribution in [2.24, 2.45) is 17.1 Å². The second-order valence-corrected chi connectivity index (χ2v) is 13.3. The Labute approximate surface area is 230 Å². The second-order valence-electron chi connectivity index (χ2n) is 11.2. The minimum absolute atomic E-state index is 0.0177. The summed E-state index contributed by atoms with van der Waals surface area (Å²) < 4.78 is 69.2. The standard InChI is InChI=1S/C26H31F3N6O4S/c1-15(14-36)40(38,39)33-20-3-2-19(24(31)37)23(34-8-6-25(4-5-25)7-9-34)22(20)21-12-18(13-30)35(32-21)17-10-16(11-17)26(27,28)29/h2-3,12,15-17,33,36H,4-11,14H2,1H3,(H2,31,37). The molecule has 4 N–H and O–H groups in total. The zero-order valence-electron chi connectivity index (χ0n) is 21.9. The fraction of sp³-hybridized carbons (Fsp3) is 0.577. The summed E-state index contributed by atoms with van der Waals surface area (Å²) in [6.45, 7) is 1.85. The van der Waals surface area contributed by atoms with Gasteiger partial charge >= 0.3 is 6.18 Å². The molecule has 10 nitrogen and oxygen atoms in total. The number of hydrogen-bond donors (Lipinski definition) is 3. The average molecular weight is 581 g/mol. The zero-order chi connectivity index (χ0) is 29.0. The van der Waals surface area contributed by atoms with E-state index < -0.39 is 45.9 Å². The van der Waals surface area contributed by atoms with Gasteiger partial charge in [0.1, 0.15) is 17.0 Å². The number of sulfonamides is 1. The van der Waals surface area contributed by atoms with Crippen molar-refractivity contribution in [2.45, 2.75) is 62.9 Å². The van der Waals surface area contributed by atoms with Gasteiger partial charge in [0.05, 0.1) is 46.8 Å². The molecule has 1 amide bonds. The maximum Gasteiger partial charge on any atom is 0.391 e. The number of hydrogen-bond acceptors (Lipinski definition) is 7. The molecule has 216 valence electrons. The van der Waals surface area contributed by atoms with E-state index in [0.29, 0.717) is 18.8 Å². The summed E-state index contributed by atoms with van der Waals surface area (Å²) >= 11 is 0. The lowest BCUT2D eigenvalue weighted by atomic mass is 9.80. The SMILES string of the molecule is CC(CO)S(=O)(=O)Nc1ccc(C(N)=O)c(N2CCC3(CC2)CC3)c1-c1cc(C#N)n(C2CC(C(F)(F)F)C2)n1. The molecule has 1 aromatic carbocycles. The molecule has 3 aliphatic rings. The van der Waals surface area contributed by atoms with Crippen molar-refractivity contribution in [3.8, 4) is 17.3 Å². The van der Waals surface area contributed by atoms with E-state index in [9.17, 15) is 36.8 Å². The van der Waals surface area contributed by atoms with Gasteiger partial charge < -0.3 is 15.7 Å². The van der Waals surface area contributed by atoms with Crippen LogP contribution in [0, 0.1) is 22.7 Å². The number of rotatable bonds is 8. The average Bonchev–Trinajstić information content (AvgIpc) is 3.48. The highest BCUT2D eigenvalue weighted by Gasteiger charge is 2.49. The zero-order valence-corrected chi connectivity index (χ0v) is 22.7. The van der Waals surface area contributed by atoms with Crippen molar-refractivity contribution in [1.29, 1.82) is 5.26 Å². The molecule has 1 atom stereocenters. The van der Waals surface area contributed by atoms with Crippen LogP contribution in [-0.4, -0.2) is 60.3 Å². The Bertz CT molecular complexity index is 1460. The molecule has 2 saturated carbocycles. The predicted molar refractivity (Wildman–Crippen MR) is 141 cm³/mol. The van der Waals surface area contributed by atoms with Gasteiger partial charge in [0.25, 0.3) is 5.91 Å². The molecule has 2 heterocycles. The Hall–Kier alpha value is -3.31. The van der Waals surface area contributed by atoms with Crippen LogP contribution >= 0.6 is 0 Å². The van der Waals surface area contributed by atoms with Crippen LogP contribution < -0.4 is 15.4 Å². The molecule has 14 heteroatoms. The first-order valence-electron chi connectivity index (χ1n) is 13.2. The number of carbonyl (C=O) groups is 1. The summed E-state index contributed by atoms with van der Waals surface area (Å²) in [7, 11) is -4.08. The van der Waals surface area contributed by atoms with Crippen molar-refractivity contribution in [2.75, 3.05) is 29.3 Å². The lowest BCUT2D eigenvalue weighted by Gasteiger charge is -2.37. The molecule has 5 rings (SSSR count). The third-order valence-electron chi connectivity index (χ3n) is 8.61. The summed E-state index contributed by atoms with van der Waals surface area (Å²) in [5.41, 5.74) is 6.95. The second kappa shape index (κ2) is 9.95. The van der Waals surface area contributed by atoms with Gasteiger partial charge in [-0.15, -0.1) is 0 Å². The minimum atomic E-state index is -4.34. The van der Waals surface area contributed by atoms with E-state index in [1.54, 1.807) is 0 Å². The first-order valence-corrected chi connectivity index (χ1v) is 14.7. The Morgan fingerprint density at radius 2 is 1.93 bits per heavy atom. The number of aromatic nitrogens is 2. The fourth-order valence-electron chi connectivity index (χ4n) is 5.63. The van der Waals surface area contributed by atoms with E-state index in [0.717, 1.165) is 25.7 Å². The van der Waals surface area contributed by atoms with Crippen LogP contribution in [0.25, 0.3) is 11.3 Å².